The number of hydrogen-bond donors (Lipinski definition) is 2. The summed E-state index contributed by atoms with van der Waals surface area (Å²) in [6.07, 6.45) is 0. The molecule has 0 amide bonds. The first-order chi connectivity index (χ1) is 7.44. The lowest BCUT2D eigenvalue weighted by atomic mass is 10.1. The second kappa shape index (κ2) is 5.53. The number of benzene rings is 1. The topological polar surface area (TPSA) is 41.5 Å². The van der Waals surface area contributed by atoms with Crippen LogP contribution in [0.5, 0.6) is 5.75 Å². The van der Waals surface area contributed by atoms with Crippen molar-refractivity contribution in [3.8, 4) is 5.75 Å². The van der Waals surface area contributed by atoms with E-state index in [0.717, 1.165) is 5.56 Å². The number of phenolic OH excluding ortho intramolecular Hbond substituents is 1. The average Bonchev–Trinajstić information content (AvgIpc) is 2.20. The summed E-state index contributed by atoms with van der Waals surface area (Å²) in [6.45, 7) is 5.46. The van der Waals surface area contributed by atoms with E-state index in [4.69, 9.17) is 16.3 Å². The fraction of sp³-hybridized carbons (Fsp3) is 0.500. The molecule has 0 spiro atoms. The molecule has 1 aromatic carbocycles. The Morgan fingerprint density at radius 3 is 2.69 bits per heavy atom. The van der Waals surface area contributed by atoms with Gasteiger partial charge in [-0.3, -0.25) is 0 Å². The van der Waals surface area contributed by atoms with Crippen molar-refractivity contribution < 1.29 is 9.84 Å². The lowest BCUT2D eigenvalue weighted by Crippen LogP contribution is -2.42. The van der Waals surface area contributed by atoms with Gasteiger partial charge in [-0.1, -0.05) is 17.7 Å². The molecule has 4 heteroatoms. The van der Waals surface area contributed by atoms with Gasteiger partial charge in [-0.2, -0.15) is 0 Å². The first-order valence-corrected chi connectivity index (χ1v) is 5.54. The van der Waals surface area contributed by atoms with Crippen molar-refractivity contribution >= 4 is 11.6 Å². The number of methoxy groups -OCH3 is 1. The molecule has 0 heterocycles. The van der Waals surface area contributed by atoms with Gasteiger partial charge in [-0.05, 0) is 31.5 Å². The van der Waals surface area contributed by atoms with Gasteiger partial charge in [0.05, 0.1) is 11.6 Å². The van der Waals surface area contributed by atoms with Crippen molar-refractivity contribution in [3.63, 3.8) is 0 Å². The van der Waals surface area contributed by atoms with Crippen molar-refractivity contribution in [1.29, 1.82) is 0 Å². The highest BCUT2D eigenvalue weighted by Crippen LogP contribution is 2.23. The molecule has 0 aliphatic heterocycles. The molecule has 16 heavy (non-hydrogen) atoms. The van der Waals surface area contributed by atoms with E-state index in [9.17, 15) is 5.11 Å². The molecule has 1 rings (SSSR count). The maximum Gasteiger partial charge on any atom is 0.134 e. The SMILES string of the molecule is COCC(C)(C)NCc1ccc(O)c(Cl)c1. The molecule has 0 aliphatic rings. The Labute approximate surface area is 101 Å². The maximum atomic E-state index is 9.28. The van der Waals surface area contributed by atoms with Crippen molar-refractivity contribution in [1.82, 2.24) is 5.32 Å². The fourth-order valence-electron chi connectivity index (χ4n) is 1.41. The lowest BCUT2D eigenvalue weighted by molar-refractivity contribution is 0.128. The van der Waals surface area contributed by atoms with Crippen LogP contribution in [0.15, 0.2) is 18.2 Å². The quantitative estimate of drug-likeness (QED) is 0.835. The zero-order valence-electron chi connectivity index (χ0n) is 9.88. The summed E-state index contributed by atoms with van der Waals surface area (Å²) in [5.41, 5.74) is 0.950. The summed E-state index contributed by atoms with van der Waals surface area (Å²) in [4.78, 5) is 0. The second-order valence-electron chi connectivity index (χ2n) is 4.46. The molecule has 0 unspecified atom stereocenters. The summed E-state index contributed by atoms with van der Waals surface area (Å²) in [5, 5.41) is 13.0. The number of halogens is 1. The molecule has 0 fully saturated rings. The maximum absolute atomic E-state index is 9.28. The van der Waals surface area contributed by atoms with Crippen LogP contribution in [0.25, 0.3) is 0 Å². The van der Waals surface area contributed by atoms with Crippen molar-refractivity contribution in [2.45, 2.75) is 25.9 Å². The first kappa shape index (κ1) is 13.3. The average molecular weight is 244 g/mol. The van der Waals surface area contributed by atoms with E-state index in [1.807, 2.05) is 6.07 Å². The van der Waals surface area contributed by atoms with Crippen molar-refractivity contribution in [3.05, 3.63) is 28.8 Å². The third-order valence-corrected chi connectivity index (χ3v) is 2.59. The van der Waals surface area contributed by atoms with Gasteiger partial charge in [0.2, 0.25) is 0 Å². The largest absolute Gasteiger partial charge is 0.506 e. The molecule has 90 valence electrons. The van der Waals surface area contributed by atoms with Crippen LogP contribution in [-0.2, 0) is 11.3 Å². The monoisotopic (exact) mass is 243 g/mol. The molecule has 0 saturated heterocycles. The molecule has 3 nitrogen and oxygen atoms in total. The number of phenols is 1. The predicted octanol–water partition coefficient (Wildman–Crippen LogP) is 2.56. The van der Waals surface area contributed by atoms with Crippen LogP contribution < -0.4 is 5.32 Å². The lowest BCUT2D eigenvalue weighted by Gasteiger charge is -2.25. The van der Waals surface area contributed by atoms with E-state index in [1.54, 1.807) is 19.2 Å². The molecule has 0 bridgehead atoms. The minimum Gasteiger partial charge on any atom is -0.506 e. The van der Waals surface area contributed by atoms with Crippen LogP contribution in [0.3, 0.4) is 0 Å². The summed E-state index contributed by atoms with van der Waals surface area (Å²) in [6, 6.07) is 5.20. The summed E-state index contributed by atoms with van der Waals surface area (Å²) < 4.78 is 5.11. The van der Waals surface area contributed by atoms with E-state index in [0.29, 0.717) is 18.2 Å². The number of aromatic hydroxyl groups is 1. The smallest absolute Gasteiger partial charge is 0.134 e. The van der Waals surface area contributed by atoms with E-state index < -0.39 is 0 Å². The molecule has 0 aliphatic carbocycles. The van der Waals surface area contributed by atoms with E-state index in [-0.39, 0.29) is 11.3 Å². The normalized spacial score (nSPS) is 11.8. The molecular weight excluding hydrogens is 226 g/mol. The molecule has 0 aromatic heterocycles. The Morgan fingerprint density at radius 1 is 1.44 bits per heavy atom. The molecule has 2 N–H and O–H groups in total. The number of rotatable bonds is 5. The van der Waals surface area contributed by atoms with Gasteiger partial charge in [-0.25, -0.2) is 0 Å². The van der Waals surface area contributed by atoms with Crippen LogP contribution in [0.1, 0.15) is 19.4 Å². The van der Waals surface area contributed by atoms with E-state index >= 15 is 0 Å². The highest BCUT2D eigenvalue weighted by Gasteiger charge is 2.16. The molecule has 0 radical (unpaired) electrons. The summed E-state index contributed by atoms with van der Waals surface area (Å²) in [5.74, 6) is 0.113. The zero-order valence-corrected chi connectivity index (χ0v) is 10.6. The van der Waals surface area contributed by atoms with Gasteiger partial charge in [-0.15, -0.1) is 0 Å². The van der Waals surface area contributed by atoms with Crippen LogP contribution in [0.2, 0.25) is 5.02 Å². The highest BCUT2D eigenvalue weighted by atomic mass is 35.5. The first-order valence-electron chi connectivity index (χ1n) is 5.16. The second-order valence-corrected chi connectivity index (χ2v) is 4.86. The Kier molecular flexibility index (Phi) is 4.59. The van der Waals surface area contributed by atoms with Crippen LogP contribution in [-0.4, -0.2) is 24.4 Å². The van der Waals surface area contributed by atoms with Gasteiger partial charge in [0.1, 0.15) is 5.75 Å². The van der Waals surface area contributed by atoms with Crippen LogP contribution in [0, 0.1) is 0 Å². The summed E-state index contributed by atoms with van der Waals surface area (Å²) >= 11 is 5.82. The third-order valence-electron chi connectivity index (χ3n) is 2.29. The van der Waals surface area contributed by atoms with Crippen LogP contribution in [0.4, 0.5) is 0 Å². The van der Waals surface area contributed by atoms with Crippen molar-refractivity contribution in [2.24, 2.45) is 0 Å². The van der Waals surface area contributed by atoms with Crippen molar-refractivity contribution in [2.75, 3.05) is 13.7 Å². The minimum absolute atomic E-state index is 0.0842. The fourth-order valence-corrected chi connectivity index (χ4v) is 1.62. The molecule has 1 aromatic rings. The standard InChI is InChI=1S/C12H18ClNO2/c1-12(2,8-16-3)14-7-9-4-5-11(15)10(13)6-9/h4-6,14-15H,7-8H2,1-3H3. The molecular formula is C12H18ClNO2. The predicted molar refractivity (Wildman–Crippen MR) is 65.9 cm³/mol. The number of nitrogens with one attached hydrogen (secondary N) is 1. The van der Waals surface area contributed by atoms with Gasteiger partial charge >= 0.3 is 0 Å². The Hall–Kier alpha value is -0.770. The highest BCUT2D eigenvalue weighted by molar-refractivity contribution is 6.32. The Morgan fingerprint density at radius 2 is 2.12 bits per heavy atom. The van der Waals surface area contributed by atoms with E-state index in [2.05, 4.69) is 19.2 Å². The number of hydrogen-bond acceptors (Lipinski definition) is 3. The van der Waals surface area contributed by atoms with Crippen LogP contribution >= 0.6 is 11.6 Å². The van der Waals surface area contributed by atoms with Gasteiger partial charge < -0.3 is 15.2 Å². The Balaban J connectivity index is 2.57. The third kappa shape index (κ3) is 4.00. The molecule has 0 atom stereocenters. The van der Waals surface area contributed by atoms with Gasteiger partial charge in [0.25, 0.3) is 0 Å². The van der Waals surface area contributed by atoms with Gasteiger partial charge in [0.15, 0.2) is 0 Å². The number of ether oxygens (including phenoxy) is 1. The Bertz CT molecular complexity index is 353. The van der Waals surface area contributed by atoms with E-state index in [1.165, 1.54) is 0 Å². The summed E-state index contributed by atoms with van der Waals surface area (Å²) in [7, 11) is 1.68. The zero-order chi connectivity index (χ0) is 12.2. The minimum atomic E-state index is -0.0842. The molecule has 0 saturated carbocycles. The van der Waals surface area contributed by atoms with Gasteiger partial charge in [0, 0.05) is 19.2 Å².